The first kappa shape index (κ1) is 11.7. The second-order valence-electron chi connectivity index (χ2n) is 3.19. The van der Waals surface area contributed by atoms with Gasteiger partial charge in [0, 0.05) is 25.0 Å². The molecule has 4 heteroatoms. The number of ether oxygens (including phenoxy) is 1. The zero-order chi connectivity index (χ0) is 10.4. The Balaban J connectivity index is 2.62. The summed E-state index contributed by atoms with van der Waals surface area (Å²) in [6.45, 7) is 8.04. The van der Waals surface area contributed by atoms with Gasteiger partial charge in [0.15, 0.2) is 0 Å². The Morgan fingerprint density at radius 1 is 1.43 bits per heavy atom. The van der Waals surface area contributed by atoms with Crippen LogP contribution in [0.5, 0.6) is 0 Å². The number of rotatable bonds is 4. The average Bonchev–Trinajstić information content (AvgIpc) is 2.21. The van der Waals surface area contributed by atoms with Crippen molar-refractivity contribution in [1.29, 1.82) is 0 Å². The van der Waals surface area contributed by atoms with Gasteiger partial charge >= 0.3 is 0 Å². The molecule has 1 rings (SSSR count). The Morgan fingerprint density at radius 2 is 2.07 bits per heavy atom. The molecule has 0 amide bonds. The van der Waals surface area contributed by atoms with E-state index >= 15 is 0 Å². The molecule has 0 saturated carbocycles. The predicted octanol–water partition coefficient (Wildman–Crippen LogP) is 1.48. The summed E-state index contributed by atoms with van der Waals surface area (Å²) >= 11 is 1.89. The van der Waals surface area contributed by atoms with Gasteiger partial charge in [0.2, 0.25) is 0 Å². The van der Waals surface area contributed by atoms with Crippen LogP contribution in [0.4, 0.5) is 0 Å². The van der Waals surface area contributed by atoms with Gasteiger partial charge in [0.25, 0.3) is 0 Å². The molecule has 14 heavy (non-hydrogen) atoms. The van der Waals surface area contributed by atoms with Gasteiger partial charge in [0.1, 0.15) is 5.82 Å². The minimum Gasteiger partial charge on any atom is -0.378 e. The largest absolute Gasteiger partial charge is 0.378 e. The van der Waals surface area contributed by atoms with Gasteiger partial charge in [-0.2, -0.15) is 0 Å². The smallest absolute Gasteiger partial charge is 0.111 e. The summed E-state index contributed by atoms with van der Waals surface area (Å²) in [6, 6.07) is 0. The first-order valence-corrected chi connectivity index (χ1v) is 6.12. The minimum absolute atomic E-state index is 0.843. The fraction of sp³-hybridized carbons (Fsp3) is 0.800. The molecule has 1 saturated heterocycles. The first-order chi connectivity index (χ1) is 6.79. The molecule has 0 aliphatic carbocycles. The van der Waals surface area contributed by atoms with Crippen molar-refractivity contribution in [2.45, 2.75) is 13.8 Å². The van der Waals surface area contributed by atoms with E-state index in [9.17, 15) is 0 Å². The molecule has 0 aromatic rings. The molecule has 0 bridgehead atoms. The second kappa shape index (κ2) is 6.19. The summed E-state index contributed by atoms with van der Waals surface area (Å²) in [5.41, 5.74) is 0. The lowest BCUT2D eigenvalue weighted by atomic mass is 10.4. The maximum Gasteiger partial charge on any atom is 0.111 e. The summed E-state index contributed by atoms with van der Waals surface area (Å²) in [5, 5.41) is 3.29. The number of morpholine rings is 1. The summed E-state index contributed by atoms with van der Waals surface area (Å²) in [7, 11) is 1.99. The Labute approximate surface area is 90.9 Å². The molecule has 0 aromatic heterocycles. The molecule has 3 nitrogen and oxygen atoms in total. The van der Waals surface area contributed by atoms with Crippen LogP contribution in [0, 0.1) is 0 Å². The van der Waals surface area contributed by atoms with Gasteiger partial charge in [-0.15, -0.1) is 11.8 Å². The van der Waals surface area contributed by atoms with Gasteiger partial charge in [0.05, 0.1) is 13.2 Å². The molecular formula is C10H20N2OS. The minimum atomic E-state index is 0.843. The van der Waals surface area contributed by atoms with Crippen molar-refractivity contribution in [2.24, 2.45) is 0 Å². The predicted molar refractivity (Wildman–Crippen MR) is 62.3 cm³/mol. The second-order valence-corrected chi connectivity index (χ2v) is 4.67. The van der Waals surface area contributed by atoms with E-state index in [1.807, 2.05) is 18.8 Å². The molecule has 1 aliphatic rings. The van der Waals surface area contributed by atoms with Crippen LogP contribution in [0.3, 0.4) is 0 Å². The molecule has 0 unspecified atom stereocenters. The third-order valence-corrected chi connectivity index (χ3v) is 3.17. The van der Waals surface area contributed by atoms with E-state index in [0.29, 0.717) is 0 Å². The van der Waals surface area contributed by atoms with E-state index in [0.717, 1.165) is 32.1 Å². The van der Waals surface area contributed by atoms with E-state index in [1.54, 1.807) is 0 Å². The van der Waals surface area contributed by atoms with Gasteiger partial charge in [-0.1, -0.05) is 6.92 Å². The normalized spacial score (nSPS) is 19.2. The van der Waals surface area contributed by atoms with Crippen LogP contribution >= 0.6 is 11.8 Å². The highest BCUT2D eigenvalue weighted by Gasteiger charge is 2.14. The van der Waals surface area contributed by atoms with Crippen LogP contribution in [0.2, 0.25) is 0 Å². The Morgan fingerprint density at radius 3 is 2.57 bits per heavy atom. The molecule has 1 heterocycles. The number of nitrogens with one attached hydrogen (secondary N) is 1. The SMILES string of the molecule is CCS/C(C)=C(/NC)N1CCOCC1. The molecule has 0 aromatic carbocycles. The van der Waals surface area contributed by atoms with E-state index in [4.69, 9.17) is 4.74 Å². The van der Waals surface area contributed by atoms with Gasteiger partial charge in [-0.25, -0.2) is 0 Å². The van der Waals surface area contributed by atoms with Crippen LogP contribution in [0.15, 0.2) is 10.7 Å². The Bertz CT molecular complexity index is 200. The fourth-order valence-corrected chi connectivity index (χ4v) is 2.43. The lowest BCUT2D eigenvalue weighted by molar-refractivity contribution is 0.0507. The standard InChI is InChI=1S/C10H20N2OS/c1-4-14-9(2)10(11-3)12-5-7-13-8-6-12/h11H,4-8H2,1-3H3/b10-9-. The highest BCUT2D eigenvalue weighted by molar-refractivity contribution is 8.03. The molecule has 0 atom stereocenters. The lowest BCUT2D eigenvalue weighted by Crippen LogP contribution is -2.39. The summed E-state index contributed by atoms with van der Waals surface area (Å²) in [6.07, 6.45) is 0. The van der Waals surface area contributed by atoms with Gasteiger partial charge in [-0.3, -0.25) is 0 Å². The fourth-order valence-electron chi connectivity index (χ4n) is 1.63. The van der Waals surface area contributed by atoms with Gasteiger partial charge < -0.3 is 15.0 Å². The summed E-state index contributed by atoms with van der Waals surface area (Å²) < 4.78 is 5.34. The van der Waals surface area contributed by atoms with Crippen LogP contribution in [-0.2, 0) is 4.74 Å². The number of thioether (sulfide) groups is 1. The van der Waals surface area contributed by atoms with E-state index < -0.39 is 0 Å². The molecule has 1 fully saturated rings. The number of hydrogen-bond acceptors (Lipinski definition) is 4. The van der Waals surface area contributed by atoms with Crippen LogP contribution in [-0.4, -0.2) is 44.0 Å². The lowest BCUT2D eigenvalue weighted by Gasteiger charge is -2.31. The maximum absolute atomic E-state index is 5.34. The molecule has 1 N–H and O–H groups in total. The summed E-state index contributed by atoms with van der Waals surface area (Å²) in [4.78, 5) is 3.73. The molecule has 82 valence electrons. The van der Waals surface area contributed by atoms with Crippen molar-refractivity contribution in [3.8, 4) is 0 Å². The maximum atomic E-state index is 5.34. The monoisotopic (exact) mass is 216 g/mol. The van der Waals surface area contributed by atoms with E-state index in [-0.39, 0.29) is 0 Å². The van der Waals surface area contributed by atoms with Crippen LogP contribution in [0.25, 0.3) is 0 Å². The third kappa shape index (κ3) is 3.10. The third-order valence-electron chi connectivity index (χ3n) is 2.26. The van der Waals surface area contributed by atoms with Crippen molar-refractivity contribution in [2.75, 3.05) is 39.1 Å². The molecule has 0 spiro atoms. The van der Waals surface area contributed by atoms with Crippen molar-refractivity contribution in [1.82, 2.24) is 10.2 Å². The van der Waals surface area contributed by atoms with Crippen molar-refractivity contribution < 1.29 is 4.74 Å². The molecular weight excluding hydrogens is 196 g/mol. The topological polar surface area (TPSA) is 24.5 Å². The number of hydrogen-bond donors (Lipinski definition) is 1. The van der Waals surface area contributed by atoms with Gasteiger partial charge in [-0.05, 0) is 12.7 Å². The molecule has 0 radical (unpaired) electrons. The van der Waals surface area contributed by atoms with E-state index in [1.165, 1.54) is 10.7 Å². The van der Waals surface area contributed by atoms with Crippen molar-refractivity contribution in [3.05, 3.63) is 10.7 Å². The highest BCUT2D eigenvalue weighted by Crippen LogP contribution is 2.20. The number of nitrogens with zero attached hydrogens (tertiary/aromatic N) is 1. The Hall–Kier alpha value is -0.350. The quantitative estimate of drug-likeness (QED) is 0.769. The highest BCUT2D eigenvalue weighted by atomic mass is 32.2. The Kier molecular flexibility index (Phi) is 5.19. The molecule has 1 aliphatic heterocycles. The van der Waals surface area contributed by atoms with Crippen molar-refractivity contribution >= 4 is 11.8 Å². The zero-order valence-corrected chi connectivity index (χ0v) is 10.1. The summed E-state index contributed by atoms with van der Waals surface area (Å²) in [5.74, 6) is 2.39. The van der Waals surface area contributed by atoms with Crippen LogP contribution in [0.1, 0.15) is 13.8 Å². The first-order valence-electron chi connectivity index (χ1n) is 5.13. The average molecular weight is 216 g/mol. The number of allylic oxidation sites excluding steroid dienone is 1. The zero-order valence-electron chi connectivity index (χ0n) is 9.30. The van der Waals surface area contributed by atoms with Crippen LogP contribution < -0.4 is 5.32 Å². The van der Waals surface area contributed by atoms with E-state index in [2.05, 4.69) is 24.1 Å². The van der Waals surface area contributed by atoms with Crippen molar-refractivity contribution in [3.63, 3.8) is 0 Å².